The maximum absolute atomic E-state index is 12.8. The topological polar surface area (TPSA) is 152 Å². The Morgan fingerprint density at radius 3 is 2.00 bits per heavy atom. The molecule has 45 heavy (non-hydrogen) atoms. The first kappa shape index (κ1) is 34.0. The van der Waals surface area contributed by atoms with E-state index in [1.165, 1.54) is 47.8 Å². The summed E-state index contributed by atoms with van der Waals surface area (Å²) >= 11 is 0. The van der Waals surface area contributed by atoms with Crippen LogP contribution in [0.4, 0.5) is 0 Å². The zero-order valence-electron chi connectivity index (χ0n) is 26.1. The molecule has 0 fully saturated rings. The fourth-order valence-electron chi connectivity index (χ4n) is 4.08. The molecule has 0 bridgehead atoms. The monoisotopic (exact) mass is 623 g/mol. The van der Waals surface area contributed by atoms with Crippen LogP contribution < -0.4 is 43.9 Å². The Kier molecular flexibility index (Phi) is 12.9. The summed E-state index contributed by atoms with van der Waals surface area (Å²) in [7, 11) is 7.39. The van der Waals surface area contributed by atoms with Gasteiger partial charge in [-0.15, -0.1) is 0 Å². The summed E-state index contributed by atoms with van der Waals surface area (Å²) in [5, 5.41) is 6.76. The maximum atomic E-state index is 12.8. The quantitative estimate of drug-likeness (QED) is 0.0787. The number of carbonyl (C=O) groups is 3. The van der Waals surface area contributed by atoms with Crippen molar-refractivity contribution in [3.8, 4) is 40.2 Å². The lowest BCUT2D eigenvalue weighted by atomic mass is 10.1. The lowest BCUT2D eigenvalue weighted by molar-refractivity contribution is -0.121. The molecule has 0 aromatic heterocycles. The van der Waals surface area contributed by atoms with E-state index in [-0.39, 0.29) is 36.1 Å². The summed E-state index contributed by atoms with van der Waals surface area (Å²) in [5.74, 6) is 1.23. The summed E-state index contributed by atoms with van der Waals surface area (Å²) in [5.41, 5.74) is 3.65. The Labute approximate surface area is 261 Å². The molecule has 240 valence electrons. The Morgan fingerprint density at radius 2 is 1.38 bits per heavy atom. The standard InChI is InChI=1S/C32H37N3O10/c1-7-44-26-15-20(10-12-24(26)45-32(38)21-11-13-23(39-2)25(16-21)40-3)19-34-35-29(36)9-8-14-33-31(37)22-17-27(41-4)30(43-6)28(18-22)42-5/h10-13,15-19H,7-9,14H2,1-6H3,(H,33,37)(H,35,36)/b34-19+. The molecule has 0 atom stereocenters. The SMILES string of the molecule is CCOc1cc(/C=N/NC(=O)CCCNC(=O)c2cc(OC)c(OC)c(OC)c2)ccc1OC(=O)c1ccc(OC)c(OC)c1. The van der Waals surface area contributed by atoms with Gasteiger partial charge in [-0.1, -0.05) is 0 Å². The number of amides is 2. The average Bonchev–Trinajstić information content (AvgIpc) is 3.06. The molecule has 0 aliphatic carbocycles. The van der Waals surface area contributed by atoms with Gasteiger partial charge in [-0.05, 0) is 67.4 Å². The Balaban J connectivity index is 1.52. The number of hydrazone groups is 1. The van der Waals surface area contributed by atoms with Gasteiger partial charge in [-0.2, -0.15) is 5.10 Å². The number of methoxy groups -OCH3 is 5. The van der Waals surface area contributed by atoms with E-state index in [2.05, 4.69) is 15.8 Å². The van der Waals surface area contributed by atoms with Gasteiger partial charge in [0.15, 0.2) is 34.5 Å². The number of hydrogen-bond donors (Lipinski definition) is 2. The van der Waals surface area contributed by atoms with E-state index in [0.29, 0.717) is 58.7 Å². The number of esters is 1. The molecule has 3 aromatic rings. The molecule has 0 saturated heterocycles. The smallest absolute Gasteiger partial charge is 0.343 e. The van der Waals surface area contributed by atoms with Crippen LogP contribution in [0.1, 0.15) is 46.0 Å². The zero-order valence-corrected chi connectivity index (χ0v) is 26.1. The Bertz CT molecular complexity index is 1500. The van der Waals surface area contributed by atoms with Crippen LogP contribution in [0, 0.1) is 0 Å². The van der Waals surface area contributed by atoms with Crippen molar-refractivity contribution in [2.24, 2.45) is 5.10 Å². The fourth-order valence-corrected chi connectivity index (χ4v) is 4.08. The minimum Gasteiger partial charge on any atom is -0.493 e. The summed E-state index contributed by atoms with van der Waals surface area (Å²) in [6, 6.07) is 12.7. The highest BCUT2D eigenvalue weighted by Crippen LogP contribution is 2.38. The third-order valence-electron chi connectivity index (χ3n) is 6.29. The van der Waals surface area contributed by atoms with E-state index in [1.807, 2.05) is 0 Å². The molecule has 0 aliphatic rings. The fraction of sp³-hybridized carbons (Fsp3) is 0.312. The molecule has 13 nitrogen and oxygen atoms in total. The van der Waals surface area contributed by atoms with Gasteiger partial charge in [0.2, 0.25) is 11.7 Å². The van der Waals surface area contributed by atoms with Crippen molar-refractivity contribution < 1.29 is 47.5 Å². The highest BCUT2D eigenvalue weighted by molar-refractivity contribution is 5.95. The van der Waals surface area contributed by atoms with Crippen LogP contribution >= 0.6 is 0 Å². The number of carbonyl (C=O) groups excluding carboxylic acids is 3. The second kappa shape index (κ2) is 17.0. The van der Waals surface area contributed by atoms with Gasteiger partial charge >= 0.3 is 5.97 Å². The van der Waals surface area contributed by atoms with Gasteiger partial charge in [0.05, 0.1) is 53.9 Å². The summed E-state index contributed by atoms with van der Waals surface area (Å²) in [4.78, 5) is 37.6. The first-order chi connectivity index (χ1) is 21.8. The van der Waals surface area contributed by atoms with Crippen LogP contribution in [0.15, 0.2) is 53.6 Å². The number of nitrogens with zero attached hydrogens (tertiary/aromatic N) is 1. The van der Waals surface area contributed by atoms with Crippen LogP contribution in [-0.2, 0) is 4.79 Å². The van der Waals surface area contributed by atoms with Crippen molar-refractivity contribution in [2.75, 3.05) is 48.7 Å². The van der Waals surface area contributed by atoms with Crippen LogP contribution in [0.5, 0.6) is 40.2 Å². The number of ether oxygens (including phenoxy) is 7. The first-order valence-electron chi connectivity index (χ1n) is 13.9. The molecule has 0 radical (unpaired) electrons. The van der Waals surface area contributed by atoms with Crippen molar-refractivity contribution in [3.05, 3.63) is 65.2 Å². The van der Waals surface area contributed by atoms with E-state index in [4.69, 9.17) is 33.2 Å². The minimum absolute atomic E-state index is 0.127. The van der Waals surface area contributed by atoms with Gasteiger partial charge in [-0.25, -0.2) is 10.2 Å². The highest BCUT2D eigenvalue weighted by atomic mass is 16.6. The molecular weight excluding hydrogens is 586 g/mol. The number of benzene rings is 3. The lowest BCUT2D eigenvalue weighted by Crippen LogP contribution is -2.26. The molecular formula is C32H37N3O10. The van der Waals surface area contributed by atoms with Crippen molar-refractivity contribution in [3.63, 3.8) is 0 Å². The van der Waals surface area contributed by atoms with E-state index < -0.39 is 5.97 Å². The Morgan fingerprint density at radius 1 is 0.733 bits per heavy atom. The van der Waals surface area contributed by atoms with Crippen LogP contribution in [0.3, 0.4) is 0 Å². The molecule has 0 saturated carbocycles. The first-order valence-corrected chi connectivity index (χ1v) is 13.9. The van der Waals surface area contributed by atoms with E-state index in [1.54, 1.807) is 49.4 Å². The number of hydrogen-bond acceptors (Lipinski definition) is 11. The van der Waals surface area contributed by atoms with E-state index in [9.17, 15) is 14.4 Å². The van der Waals surface area contributed by atoms with Gasteiger partial charge in [0, 0.05) is 18.5 Å². The third kappa shape index (κ3) is 9.26. The lowest BCUT2D eigenvalue weighted by Gasteiger charge is -2.14. The number of rotatable bonds is 16. The van der Waals surface area contributed by atoms with E-state index >= 15 is 0 Å². The molecule has 3 rings (SSSR count). The van der Waals surface area contributed by atoms with Crippen LogP contribution in [0.2, 0.25) is 0 Å². The van der Waals surface area contributed by atoms with Crippen molar-refractivity contribution in [1.29, 1.82) is 0 Å². The molecule has 0 unspecified atom stereocenters. The second-order valence-corrected chi connectivity index (χ2v) is 9.17. The van der Waals surface area contributed by atoms with Crippen molar-refractivity contribution in [2.45, 2.75) is 19.8 Å². The van der Waals surface area contributed by atoms with Gasteiger partial charge in [-0.3, -0.25) is 9.59 Å². The molecule has 0 heterocycles. The highest BCUT2D eigenvalue weighted by Gasteiger charge is 2.18. The Hall–Kier alpha value is -5.46. The minimum atomic E-state index is -0.606. The molecule has 2 N–H and O–H groups in total. The molecule has 13 heteroatoms. The predicted octanol–water partition coefficient (Wildman–Crippen LogP) is 4.01. The summed E-state index contributed by atoms with van der Waals surface area (Å²) < 4.78 is 37.5. The summed E-state index contributed by atoms with van der Waals surface area (Å²) in [6.45, 7) is 2.39. The zero-order chi connectivity index (χ0) is 32.8. The summed E-state index contributed by atoms with van der Waals surface area (Å²) in [6.07, 6.45) is 1.95. The van der Waals surface area contributed by atoms with Crippen molar-refractivity contribution >= 4 is 24.0 Å². The maximum Gasteiger partial charge on any atom is 0.343 e. The average molecular weight is 624 g/mol. The largest absolute Gasteiger partial charge is 0.493 e. The molecule has 2 amide bonds. The van der Waals surface area contributed by atoms with Gasteiger partial charge < -0.3 is 38.5 Å². The normalized spacial score (nSPS) is 10.5. The molecule has 3 aromatic carbocycles. The van der Waals surface area contributed by atoms with Crippen LogP contribution in [0.25, 0.3) is 0 Å². The third-order valence-corrected chi connectivity index (χ3v) is 6.29. The predicted molar refractivity (Wildman–Crippen MR) is 166 cm³/mol. The second-order valence-electron chi connectivity index (χ2n) is 9.17. The molecule has 0 aliphatic heterocycles. The van der Waals surface area contributed by atoms with Gasteiger partial charge in [0.1, 0.15) is 0 Å². The van der Waals surface area contributed by atoms with Crippen LogP contribution in [-0.4, -0.2) is 72.7 Å². The van der Waals surface area contributed by atoms with Crippen molar-refractivity contribution in [1.82, 2.24) is 10.7 Å². The van der Waals surface area contributed by atoms with Gasteiger partial charge in [0.25, 0.3) is 5.91 Å². The molecule has 0 spiro atoms. The van der Waals surface area contributed by atoms with E-state index in [0.717, 1.165) is 0 Å². The number of nitrogens with one attached hydrogen (secondary N) is 2.